The highest BCUT2D eigenvalue weighted by atomic mass is 16.3. The van der Waals surface area contributed by atoms with Gasteiger partial charge in [-0.3, -0.25) is 0 Å². The predicted octanol–water partition coefficient (Wildman–Crippen LogP) is 9.37. The maximum absolute atomic E-state index is 6.55. The van der Waals surface area contributed by atoms with Gasteiger partial charge < -0.3 is 8.98 Å². The van der Waals surface area contributed by atoms with E-state index in [1.54, 1.807) is 0 Å². The first-order chi connectivity index (χ1) is 19.9. The minimum Gasteiger partial charge on any atom is -0.454 e. The molecule has 0 atom stereocenters. The molecule has 0 N–H and O–H groups in total. The molecule has 1 aliphatic heterocycles. The van der Waals surface area contributed by atoms with Gasteiger partial charge in [0, 0.05) is 45.3 Å². The summed E-state index contributed by atoms with van der Waals surface area (Å²) >= 11 is 0. The lowest BCUT2D eigenvalue weighted by Gasteiger charge is -2.20. The zero-order chi connectivity index (χ0) is 26.2. The monoisotopic (exact) mass is 511 g/mol. The molecule has 2 aromatic heterocycles. The van der Waals surface area contributed by atoms with E-state index in [9.17, 15) is 0 Å². The third-order valence-electron chi connectivity index (χ3n) is 8.20. The van der Waals surface area contributed by atoms with Crippen molar-refractivity contribution in [3.63, 3.8) is 0 Å². The number of fused-ring (bicyclic) bond motifs is 8. The lowest BCUT2D eigenvalue weighted by Crippen LogP contribution is -2.29. The Morgan fingerprint density at radius 1 is 0.550 bits per heavy atom. The Hall–Kier alpha value is -5.41. The minimum absolute atomic E-state index is 0.912. The van der Waals surface area contributed by atoms with Gasteiger partial charge in [-0.15, -0.1) is 0 Å². The minimum atomic E-state index is 0.912. The van der Waals surface area contributed by atoms with Crippen LogP contribution in [0.3, 0.4) is 0 Å². The van der Waals surface area contributed by atoms with E-state index >= 15 is 0 Å². The van der Waals surface area contributed by atoms with Crippen LogP contribution in [0.2, 0.25) is 0 Å². The molecule has 3 heterocycles. The molecule has 0 saturated heterocycles. The molecule has 0 bridgehead atoms. The molecule has 0 radical (unpaired) electrons. The second-order valence-electron chi connectivity index (χ2n) is 10.4. The van der Waals surface area contributed by atoms with Crippen LogP contribution in [-0.4, -0.2) is 10.3 Å². The fraction of sp³-hybridized carbons (Fsp3) is 0. The average Bonchev–Trinajstić information content (AvgIpc) is 3.55. The van der Waals surface area contributed by atoms with Crippen molar-refractivity contribution in [2.75, 3.05) is 0 Å². The summed E-state index contributed by atoms with van der Waals surface area (Å²) in [5, 5.41) is 4.69. The highest BCUT2D eigenvalue weighted by Crippen LogP contribution is 2.41. The molecule has 9 rings (SSSR count). The first-order valence-corrected chi connectivity index (χ1v) is 13.6. The molecule has 8 aromatic rings. The smallest absolute Gasteiger partial charge is 0.232 e. The van der Waals surface area contributed by atoms with Gasteiger partial charge in [-0.2, -0.15) is 4.58 Å². The summed E-state index contributed by atoms with van der Waals surface area (Å²) in [5.74, 6) is 0. The molecule has 186 valence electrons. The fourth-order valence-electron chi connectivity index (χ4n) is 6.48. The van der Waals surface area contributed by atoms with Crippen molar-refractivity contribution >= 4 is 60.8 Å². The van der Waals surface area contributed by atoms with E-state index < -0.39 is 0 Å². The van der Waals surface area contributed by atoms with Gasteiger partial charge in [-0.25, -0.2) is 0 Å². The number of aromatic nitrogens is 1. The molecule has 3 heteroatoms. The summed E-state index contributed by atoms with van der Waals surface area (Å²) in [4.78, 5) is 0. The molecule has 0 amide bonds. The number of benzene rings is 6. The van der Waals surface area contributed by atoms with Gasteiger partial charge in [-0.1, -0.05) is 78.9 Å². The number of furan rings is 1. The Balaban J connectivity index is 1.35. The van der Waals surface area contributed by atoms with Gasteiger partial charge in [-0.05, 0) is 42.5 Å². The van der Waals surface area contributed by atoms with Gasteiger partial charge in [0.1, 0.15) is 11.1 Å². The van der Waals surface area contributed by atoms with Crippen molar-refractivity contribution < 1.29 is 4.42 Å². The van der Waals surface area contributed by atoms with E-state index in [1.165, 1.54) is 38.8 Å². The molecule has 0 spiro atoms. The van der Waals surface area contributed by atoms with E-state index in [1.807, 2.05) is 6.07 Å². The standard InChI is InChI=1S/C37H23N2O/c1-2-11-24(12-3-1)35-31-17-5-8-19-33(31)38(35)25-13-10-14-26(23-25)39-32-18-7-4-15-27(32)29-21-22-30-28-16-6-9-20-34(28)40-37(30)36(29)39/h1-23H/q+1. The number of hydrogen-bond donors (Lipinski definition) is 0. The lowest BCUT2D eigenvalue weighted by atomic mass is 9.93. The number of rotatable bonds is 3. The summed E-state index contributed by atoms with van der Waals surface area (Å²) < 4.78 is 11.3. The Bertz CT molecular complexity index is 2320. The predicted molar refractivity (Wildman–Crippen MR) is 166 cm³/mol. The Labute approximate surface area is 230 Å². The Kier molecular flexibility index (Phi) is 4.33. The zero-order valence-corrected chi connectivity index (χ0v) is 21.6. The average molecular weight is 512 g/mol. The van der Waals surface area contributed by atoms with Gasteiger partial charge in [0.05, 0.1) is 16.7 Å². The largest absolute Gasteiger partial charge is 0.454 e. The summed E-state index contributed by atoms with van der Waals surface area (Å²) in [6.07, 6.45) is 0. The second kappa shape index (κ2) is 8.05. The van der Waals surface area contributed by atoms with E-state index in [2.05, 4.69) is 143 Å². The molecule has 1 aliphatic rings. The SMILES string of the molecule is c1ccc(C2=[N+](c3cccc(-n4c5ccccc5c5ccc6c7ccccc7oc6c54)c3)c3ccccc32)cc1. The molecule has 0 saturated carbocycles. The molecular formula is C37H23N2O+. The maximum Gasteiger partial charge on any atom is 0.232 e. The molecule has 3 nitrogen and oxygen atoms in total. The van der Waals surface area contributed by atoms with Gasteiger partial charge >= 0.3 is 0 Å². The lowest BCUT2D eigenvalue weighted by molar-refractivity contribution is 0.671. The van der Waals surface area contributed by atoms with Crippen LogP contribution < -0.4 is 4.58 Å². The van der Waals surface area contributed by atoms with Crippen LogP contribution in [0, 0.1) is 0 Å². The number of nitrogens with zero attached hydrogens (tertiary/aromatic N) is 2. The highest BCUT2D eigenvalue weighted by molar-refractivity contribution is 6.24. The topological polar surface area (TPSA) is 21.1 Å². The molecule has 0 unspecified atom stereocenters. The van der Waals surface area contributed by atoms with Crippen LogP contribution in [0.4, 0.5) is 11.4 Å². The van der Waals surface area contributed by atoms with Gasteiger partial charge in [0.15, 0.2) is 5.58 Å². The zero-order valence-electron chi connectivity index (χ0n) is 21.6. The molecule has 40 heavy (non-hydrogen) atoms. The highest BCUT2D eigenvalue weighted by Gasteiger charge is 2.38. The van der Waals surface area contributed by atoms with E-state index in [0.29, 0.717) is 0 Å². The molecule has 6 aromatic carbocycles. The van der Waals surface area contributed by atoms with E-state index in [-0.39, 0.29) is 0 Å². The summed E-state index contributed by atoms with van der Waals surface area (Å²) in [5.41, 5.74) is 11.3. The van der Waals surface area contributed by atoms with Crippen LogP contribution in [-0.2, 0) is 0 Å². The van der Waals surface area contributed by atoms with Crippen molar-refractivity contribution in [2.45, 2.75) is 0 Å². The van der Waals surface area contributed by atoms with Crippen molar-refractivity contribution in [3.05, 3.63) is 151 Å². The van der Waals surface area contributed by atoms with E-state index in [0.717, 1.165) is 38.8 Å². The number of hydrogen-bond acceptors (Lipinski definition) is 1. The van der Waals surface area contributed by atoms with Crippen LogP contribution in [0.25, 0.3) is 49.4 Å². The van der Waals surface area contributed by atoms with Crippen LogP contribution in [0.15, 0.2) is 144 Å². The summed E-state index contributed by atoms with van der Waals surface area (Å²) in [7, 11) is 0. The third kappa shape index (κ3) is 2.86. The van der Waals surface area contributed by atoms with Gasteiger partial charge in [0.2, 0.25) is 17.1 Å². The van der Waals surface area contributed by atoms with Crippen LogP contribution >= 0.6 is 0 Å². The molecule has 0 aliphatic carbocycles. The number of para-hydroxylation sites is 3. The third-order valence-corrected chi connectivity index (χ3v) is 8.20. The maximum atomic E-state index is 6.55. The Morgan fingerprint density at radius 3 is 2.23 bits per heavy atom. The Morgan fingerprint density at radius 2 is 1.30 bits per heavy atom. The van der Waals surface area contributed by atoms with Gasteiger partial charge in [0.25, 0.3) is 0 Å². The van der Waals surface area contributed by atoms with Crippen molar-refractivity contribution in [2.24, 2.45) is 0 Å². The fourth-order valence-corrected chi connectivity index (χ4v) is 6.48. The van der Waals surface area contributed by atoms with Crippen LogP contribution in [0.5, 0.6) is 0 Å². The normalized spacial score (nSPS) is 12.9. The summed E-state index contributed by atoms with van der Waals surface area (Å²) in [6, 6.07) is 49.6. The quantitative estimate of drug-likeness (QED) is 0.217. The molecule has 0 fully saturated rings. The molecular weight excluding hydrogens is 488 g/mol. The van der Waals surface area contributed by atoms with Crippen LogP contribution in [0.1, 0.15) is 11.1 Å². The summed E-state index contributed by atoms with van der Waals surface area (Å²) in [6.45, 7) is 0. The van der Waals surface area contributed by atoms with Crippen molar-refractivity contribution in [1.29, 1.82) is 0 Å². The second-order valence-corrected chi connectivity index (χ2v) is 10.4. The van der Waals surface area contributed by atoms with E-state index in [4.69, 9.17) is 4.42 Å². The first kappa shape index (κ1) is 21.5. The van der Waals surface area contributed by atoms with Crippen molar-refractivity contribution in [3.8, 4) is 5.69 Å². The van der Waals surface area contributed by atoms with Crippen molar-refractivity contribution in [1.82, 2.24) is 9.14 Å². The first-order valence-electron chi connectivity index (χ1n) is 13.6.